The van der Waals surface area contributed by atoms with Gasteiger partial charge in [-0.05, 0) is 67.6 Å². The minimum atomic E-state index is -0.0184. The topological polar surface area (TPSA) is 38.0 Å². The highest BCUT2D eigenvalue weighted by molar-refractivity contribution is 9.10. The molecule has 2 rings (SSSR count). The summed E-state index contributed by atoms with van der Waals surface area (Å²) in [5.41, 5.74) is 9.09. The fourth-order valence-corrected chi connectivity index (χ4v) is 3.40. The van der Waals surface area contributed by atoms with Gasteiger partial charge in [0.05, 0.1) is 6.04 Å². The quantitative estimate of drug-likeness (QED) is 0.603. The van der Waals surface area contributed by atoms with Crippen LogP contribution >= 0.6 is 27.5 Å². The second kappa shape index (κ2) is 6.93. The first-order chi connectivity index (χ1) is 9.92. The number of hydrazine groups is 1. The van der Waals surface area contributed by atoms with Gasteiger partial charge in [0.25, 0.3) is 0 Å². The molecule has 0 spiro atoms. The summed E-state index contributed by atoms with van der Waals surface area (Å²) >= 11 is 9.81. The molecule has 0 saturated heterocycles. The minimum Gasteiger partial charge on any atom is -0.271 e. The Morgan fingerprint density at radius 2 is 1.76 bits per heavy atom. The first-order valence-electron chi connectivity index (χ1n) is 6.90. The average Bonchev–Trinajstić information content (AvgIpc) is 2.41. The molecule has 0 radical (unpaired) electrons. The molecule has 0 amide bonds. The van der Waals surface area contributed by atoms with E-state index in [4.69, 9.17) is 17.4 Å². The van der Waals surface area contributed by atoms with Gasteiger partial charge < -0.3 is 0 Å². The first-order valence-corrected chi connectivity index (χ1v) is 8.07. The van der Waals surface area contributed by atoms with Gasteiger partial charge >= 0.3 is 0 Å². The maximum atomic E-state index is 6.32. The molecule has 3 N–H and O–H groups in total. The number of nitrogens with one attached hydrogen (secondary N) is 1. The summed E-state index contributed by atoms with van der Waals surface area (Å²) in [6, 6.07) is 10.2. The van der Waals surface area contributed by atoms with E-state index in [2.05, 4.69) is 54.3 Å². The lowest BCUT2D eigenvalue weighted by Crippen LogP contribution is -2.30. The van der Waals surface area contributed by atoms with Crippen LogP contribution in [0.4, 0.5) is 0 Å². The Kier molecular flexibility index (Phi) is 5.44. The van der Waals surface area contributed by atoms with Gasteiger partial charge in [-0.1, -0.05) is 45.2 Å². The first kappa shape index (κ1) is 16.5. The van der Waals surface area contributed by atoms with Crippen molar-refractivity contribution in [3.05, 3.63) is 67.6 Å². The van der Waals surface area contributed by atoms with Crippen LogP contribution in [0.1, 0.15) is 33.9 Å². The van der Waals surface area contributed by atoms with Crippen molar-refractivity contribution in [1.29, 1.82) is 0 Å². The molecular weight excluding hydrogens is 348 g/mol. The van der Waals surface area contributed by atoms with Crippen molar-refractivity contribution in [2.75, 3.05) is 0 Å². The molecule has 2 aromatic carbocycles. The predicted molar refractivity (Wildman–Crippen MR) is 93.6 cm³/mol. The monoisotopic (exact) mass is 366 g/mol. The Morgan fingerprint density at radius 1 is 1.14 bits per heavy atom. The fourth-order valence-electron chi connectivity index (χ4n) is 2.78. The molecule has 0 saturated carbocycles. The average molecular weight is 368 g/mol. The molecule has 1 atom stereocenters. The Hall–Kier alpha value is -0.870. The number of hydrogen-bond donors (Lipinski definition) is 2. The van der Waals surface area contributed by atoms with E-state index in [-0.39, 0.29) is 6.04 Å². The van der Waals surface area contributed by atoms with E-state index in [1.807, 2.05) is 18.2 Å². The Bertz CT molecular complexity index is 632. The van der Waals surface area contributed by atoms with Crippen LogP contribution < -0.4 is 11.3 Å². The van der Waals surface area contributed by atoms with Gasteiger partial charge in [0.1, 0.15) is 0 Å². The van der Waals surface area contributed by atoms with Gasteiger partial charge in [-0.2, -0.15) is 0 Å². The highest BCUT2D eigenvalue weighted by atomic mass is 79.9. The summed E-state index contributed by atoms with van der Waals surface area (Å²) in [6.45, 7) is 6.41. The maximum Gasteiger partial charge on any atom is 0.0515 e. The molecule has 0 aliphatic heterocycles. The van der Waals surface area contributed by atoms with E-state index in [0.717, 1.165) is 21.5 Å². The second-order valence-corrected chi connectivity index (χ2v) is 6.79. The fraction of sp³-hybridized carbons (Fsp3) is 0.294. The molecule has 0 aliphatic rings. The third kappa shape index (κ3) is 3.86. The number of benzene rings is 2. The SMILES string of the molecule is Cc1cc(C)c(CC(NN)c2cc(Br)ccc2Cl)c(C)c1. The molecule has 1 unspecified atom stereocenters. The highest BCUT2D eigenvalue weighted by Crippen LogP contribution is 2.30. The van der Waals surface area contributed by atoms with E-state index in [9.17, 15) is 0 Å². The van der Waals surface area contributed by atoms with Gasteiger partial charge in [0, 0.05) is 9.50 Å². The molecule has 0 bridgehead atoms. The minimum absolute atomic E-state index is 0.0184. The predicted octanol–water partition coefficient (Wildman–Crippen LogP) is 4.77. The molecule has 0 fully saturated rings. The third-order valence-corrected chi connectivity index (χ3v) is 4.62. The highest BCUT2D eigenvalue weighted by Gasteiger charge is 2.17. The number of hydrogen-bond acceptors (Lipinski definition) is 2. The zero-order valence-corrected chi connectivity index (χ0v) is 14.8. The zero-order valence-electron chi connectivity index (χ0n) is 12.5. The van der Waals surface area contributed by atoms with Crippen LogP contribution in [0.15, 0.2) is 34.8 Å². The lowest BCUT2D eigenvalue weighted by molar-refractivity contribution is 0.549. The number of aryl methyl sites for hydroxylation is 3. The smallest absolute Gasteiger partial charge is 0.0515 e. The molecule has 4 heteroatoms. The summed E-state index contributed by atoms with van der Waals surface area (Å²) in [5, 5.41) is 0.726. The van der Waals surface area contributed by atoms with Crippen LogP contribution in [0.2, 0.25) is 5.02 Å². The molecule has 2 aromatic rings. The molecule has 21 heavy (non-hydrogen) atoms. The summed E-state index contributed by atoms with van der Waals surface area (Å²) < 4.78 is 1.000. The molecule has 0 heterocycles. The van der Waals surface area contributed by atoms with Crippen molar-refractivity contribution >= 4 is 27.5 Å². The molecule has 0 aliphatic carbocycles. The van der Waals surface area contributed by atoms with Gasteiger partial charge in [-0.25, -0.2) is 0 Å². The maximum absolute atomic E-state index is 6.32. The van der Waals surface area contributed by atoms with E-state index in [0.29, 0.717) is 0 Å². The molecular formula is C17H20BrClN2. The van der Waals surface area contributed by atoms with E-state index in [1.165, 1.54) is 22.3 Å². The van der Waals surface area contributed by atoms with Gasteiger partial charge in [-0.15, -0.1) is 0 Å². The van der Waals surface area contributed by atoms with Crippen molar-refractivity contribution in [3.8, 4) is 0 Å². The van der Waals surface area contributed by atoms with Crippen molar-refractivity contribution in [3.63, 3.8) is 0 Å². The molecule has 2 nitrogen and oxygen atoms in total. The van der Waals surface area contributed by atoms with Crippen LogP contribution in [0, 0.1) is 20.8 Å². The summed E-state index contributed by atoms with van der Waals surface area (Å²) in [5.74, 6) is 5.78. The van der Waals surface area contributed by atoms with Crippen molar-refractivity contribution in [2.24, 2.45) is 5.84 Å². The Morgan fingerprint density at radius 3 is 2.33 bits per heavy atom. The Labute approximate surface area is 139 Å². The standard InChI is InChI=1S/C17H20BrClN2/c1-10-6-11(2)14(12(3)7-10)9-17(21-20)15-8-13(18)4-5-16(15)19/h4-8,17,21H,9,20H2,1-3H3. The second-order valence-electron chi connectivity index (χ2n) is 5.47. The largest absolute Gasteiger partial charge is 0.271 e. The number of nitrogens with two attached hydrogens (primary N) is 1. The zero-order chi connectivity index (χ0) is 15.6. The van der Waals surface area contributed by atoms with E-state index >= 15 is 0 Å². The molecule has 112 valence electrons. The summed E-state index contributed by atoms with van der Waals surface area (Å²) in [6.07, 6.45) is 0.810. The van der Waals surface area contributed by atoms with Gasteiger partial charge in [-0.3, -0.25) is 11.3 Å². The summed E-state index contributed by atoms with van der Waals surface area (Å²) in [7, 11) is 0. The van der Waals surface area contributed by atoms with Crippen molar-refractivity contribution in [1.82, 2.24) is 5.43 Å². The lowest BCUT2D eigenvalue weighted by Gasteiger charge is -2.21. The molecule has 0 aromatic heterocycles. The number of rotatable bonds is 4. The van der Waals surface area contributed by atoms with Crippen molar-refractivity contribution < 1.29 is 0 Å². The van der Waals surface area contributed by atoms with Crippen LogP contribution in [0.3, 0.4) is 0 Å². The lowest BCUT2D eigenvalue weighted by atomic mass is 9.92. The summed E-state index contributed by atoms with van der Waals surface area (Å²) in [4.78, 5) is 0. The van der Waals surface area contributed by atoms with E-state index in [1.54, 1.807) is 0 Å². The van der Waals surface area contributed by atoms with Gasteiger partial charge in [0.15, 0.2) is 0 Å². The van der Waals surface area contributed by atoms with Crippen LogP contribution in [0.25, 0.3) is 0 Å². The van der Waals surface area contributed by atoms with Crippen LogP contribution in [0.5, 0.6) is 0 Å². The number of halogens is 2. The van der Waals surface area contributed by atoms with Crippen LogP contribution in [-0.2, 0) is 6.42 Å². The normalized spacial score (nSPS) is 12.5. The van der Waals surface area contributed by atoms with E-state index < -0.39 is 0 Å². The van der Waals surface area contributed by atoms with Crippen LogP contribution in [-0.4, -0.2) is 0 Å². The van der Waals surface area contributed by atoms with Crippen molar-refractivity contribution in [2.45, 2.75) is 33.2 Å². The van der Waals surface area contributed by atoms with Gasteiger partial charge in [0.2, 0.25) is 0 Å². The Balaban J connectivity index is 2.38. The third-order valence-electron chi connectivity index (χ3n) is 3.78.